The number of aromatic amines is 1. The van der Waals surface area contributed by atoms with Crippen molar-refractivity contribution in [1.82, 2.24) is 20.8 Å². The first kappa shape index (κ1) is 18.1. The van der Waals surface area contributed by atoms with Crippen LogP contribution in [0.25, 0.3) is 0 Å². The second-order valence-electron chi connectivity index (χ2n) is 6.64. The minimum Gasteiger partial charge on any atom is -0.463 e. The van der Waals surface area contributed by atoms with E-state index in [2.05, 4.69) is 20.8 Å². The predicted octanol–water partition coefficient (Wildman–Crippen LogP) is 1.87. The largest absolute Gasteiger partial charge is 0.463 e. The van der Waals surface area contributed by atoms with Crippen LogP contribution in [0.1, 0.15) is 53.6 Å². The smallest absolute Gasteiger partial charge is 0.308 e. The van der Waals surface area contributed by atoms with Gasteiger partial charge in [0.1, 0.15) is 0 Å². The van der Waals surface area contributed by atoms with Crippen molar-refractivity contribution >= 4 is 11.9 Å². The van der Waals surface area contributed by atoms with Crippen molar-refractivity contribution in [3.8, 4) is 0 Å². The van der Waals surface area contributed by atoms with Crippen LogP contribution in [0.15, 0.2) is 30.3 Å². The van der Waals surface area contributed by atoms with Gasteiger partial charge in [0.05, 0.1) is 18.6 Å². The van der Waals surface area contributed by atoms with Crippen molar-refractivity contribution in [3.05, 3.63) is 52.8 Å². The van der Waals surface area contributed by atoms with E-state index in [1.165, 1.54) is 0 Å². The first-order valence-electron chi connectivity index (χ1n) is 8.86. The zero-order valence-electron chi connectivity index (χ0n) is 15.0. The number of H-pyrrole nitrogens is 1. The lowest BCUT2D eigenvalue weighted by atomic mass is 10.0. The molecule has 2 heterocycles. The fourth-order valence-corrected chi connectivity index (χ4v) is 3.05. The molecule has 1 unspecified atom stereocenters. The third kappa shape index (κ3) is 4.29. The summed E-state index contributed by atoms with van der Waals surface area (Å²) in [7, 11) is 0. The number of carbonyl (C=O) groups excluding carboxylic acids is 2. The summed E-state index contributed by atoms with van der Waals surface area (Å²) < 4.78 is 5.24. The fourth-order valence-electron chi connectivity index (χ4n) is 3.05. The molecule has 0 radical (unpaired) electrons. The molecule has 0 fully saturated rings. The molecule has 1 aliphatic rings. The summed E-state index contributed by atoms with van der Waals surface area (Å²) in [6.45, 7) is 5.08. The predicted molar refractivity (Wildman–Crippen MR) is 96.5 cm³/mol. The van der Waals surface area contributed by atoms with Crippen molar-refractivity contribution in [2.75, 3.05) is 6.54 Å². The van der Waals surface area contributed by atoms with Crippen LogP contribution in [0.5, 0.6) is 0 Å². The van der Waals surface area contributed by atoms with Crippen molar-refractivity contribution < 1.29 is 14.3 Å². The van der Waals surface area contributed by atoms with Crippen molar-refractivity contribution in [2.24, 2.45) is 0 Å². The molecule has 1 amide bonds. The van der Waals surface area contributed by atoms with Gasteiger partial charge in [-0.15, -0.1) is 0 Å². The molecule has 3 N–H and O–H groups in total. The number of ether oxygens (including phenoxy) is 1. The van der Waals surface area contributed by atoms with E-state index in [9.17, 15) is 9.59 Å². The second-order valence-corrected chi connectivity index (χ2v) is 6.64. The Hall–Kier alpha value is -2.67. The average Bonchev–Trinajstić information content (AvgIpc) is 3.05. The molecule has 1 aromatic carbocycles. The van der Waals surface area contributed by atoms with E-state index in [4.69, 9.17) is 4.74 Å². The average molecular weight is 356 g/mol. The number of aromatic nitrogens is 2. The van der Waals surface area contributed by atoms with E-state index >= 15 is 0 Å². The molecule has 0 bridgehead atoms. The Labute approximate surface area is 152 Å². The number of amides is 1. The maximum atomic E-state index is 12.8. The first-order chi connectivity index (χ1) is 12.5. The van der Waals surface area contributed by atoms with Crippen LogP contribution < -0.4 is 10.6 Å². The number of esters is 1. The van der Waals surface area contributed by atoms with Crippen LogP contribution in [-0.2, 0) is 22.5 Å². The van der Waals surface area contributed by atoms with Gasteiger partial charge in [0.15, 0.2) is 5.69 Å². The molecule has 26 heavy (non-hydrogen) atoms. The molecule has 3 rings (SSSR count). The van der Waals surface area contributed by atoms with Gasteiger partial charge in [-0.3, -0.25) is 14.7 Å². The van der Waals surface area contributed by atoms with Crippen LogP contribution in [0, 0.1) is 0 Å². The summed E-state index contributed by atoms with van der Waals surface area (Å²) in [5.74, 6) is -0.641. The summed E-state index contributed by atoms with van der Waals surface area (Å²) in [6, 6.07) is 8.94. The topological polar surface area (TPSA) is 96.1 Å². The summed E-state index contributed by atoms with van der Waals surface area (Å²) >= 11 is 0. The minimum atomic E-state index is -0.473. The first-order valence-corrected chi connectivity index (χ1v) is 8.86. The van der Waals surface area contributed by atoms with E-state index in [-0.39, 0.29) is 24.4 Å². The molecule has 0 saturated heterocycles. The highest BCUT2D eigenvalue weighted by atomic mass is 16.5. The molecule has 138 valence electrons. The van der Waals surface area contributed by atoms with Gasteiger partial charge in [-0.25, -0.2) is 0 Å². The number of fused-ring (bicyclic) bond motifs is 1. The van der Waals surface area contributed by atoms with E-state index in [1.807, 2.05) is 30.3 Å². The summed E-state index contributed by atoms with van der Waals surface area (Å²) in [5, 5.41) is 13.3. The second kappa shape index (κ2) is 8.14. The molecule has 1 atom stereocenters. The Bertz CT molecular complexity index is 770. The van der Waals surface area contributed by atoms with Crippen LogP contribution in [-0.4, -0.2) is 34.7 Å². The molecular formula is C19H24N4O3. The fraction of sp³-hybridized carbons (Fsp3) is 0.421. The van der Waals surface area contributed by atoms with Gasteiger partial charge in [0, 0.05) is 30.8 Å². The van der Waals surface area contributed by atoms with E-state index in [0.717, 1.165) is 29.8 Å². The molecule has 0 saturated carbocycles. The van der Waals surface area contributed by atoms with Gasteiger partial charge in [0.25, 0.3) is 5.91 Å². The lowest BCUT2D eigenvalue weighted by Crippen LogP contribution is -2.33. The Kier molecular flexibility index (Phi) is 5.68. The molecule has 0 aliphatic carbocycles. The molecule has 7 nitrogen and oxygen atoms in total. The third-order valence-corrected chi connectivity index (χ3v) is 4.27. The van der Waals surface area contributed by atoms with Crippen LogP contribution in [0.3, 0.4) is 0 Å². The Balaban J connectivity index is 1.78. The molecule has 1 aromatic heterocycles. The highest BCUT2D eigenvalue weighted by Crippen LogP contribution is 2.20. The van der Waals surface area contributed by atoms with E-state index < -0.39 is 6.04 Å². The van der Waals surface area contributed by atoms with Gasteiger partial charge in [0.2, 0.25) is 0 Å². The van der Waals surface area contributed by atoms with Crippen LogP contribution >= 0.6 is 0 Å². The summed E-state index contributed by atoms with van der Waals surface area (Å²) in [5.41, 5.74) is 3.11. The Morgan fingerprint density at radius 1 is 1.27 bits per heavy atom. The lowest BCUT2D eigenvalue weighted by Gasteiger charge is -2.20. The van der Waals surface area contributed by atoms with Gasteiger partial charge in [-0.05, 0) is 19.4 Å². The van der Waals surface area contributed by atoms with Crippen LogP contribution in [0.2, 0.25) is 0 Å². The van der Waals surface area contributed by atoms with Gasteiger partial charge in [-0.2, -0.15) is 5.10 Å². The van der Waals surface area contributed by atoms with E-state index in [0.29, 0.717) is 12.2 Å². The third-order valence-electron chi connectivity index (χ3n) is 4.27. The van der Waals surface area contributed by atoms with Gasteiger partial charge in [-0.1, -0.05) is 30.3 Å². The number of benzene rings is 1. The zero-order chi connectivity index (χ0) is 18.5. The van der Waals surface area contributed by atoms with Crippen molar-refractivity contribution in [1.29, 1.82) is 0 Å². The summed E-state index contributed by atoms with van der Waals surface area (Å²) in [4.78, 5) is 24.9. The highest BCUT2D eigenvalue weighted by molar-refractivity contribution is 5.94. The van der Waals surface area contributed by atoms with E-state index in [1.54, 1.807) is 13.8 Å². The SMILES string of the molecule is CC(C)OC(=O)CC(NC(=O)c1n[nH]c2c1CNCC2)c1ccccc1. The highest BCUT2D eigenvalue weighted by Gasteiger charge is 2.25. The minimum absolute atomic E-state index is 0.0683. The maximum Gasteiger partial charge on any atom is 0.308 e. The number of rotatable bonds is 6. The van der Waals surface area contributed by atoms with Crippen LogP contribution in [0.4, 0.5) is 0 Å². The van der Waals surface area contributed by atoms with Gasteiger partial charge < -0.3 is 15.4 Å². The lowest BCUT2D eigenvalue weighted by molar-refractivity contribution is -0.147. The van der Waals surface area contributed by atoms with Crippen molar-refractivity contribution in [3.63, 3.8) is 0 Å². The molecule has 0 spiro atoms. The molecule has 1 aliphatic heterocycles. The standard InChI is InChI=1S/C19H24N4O3/c1-12(2)26-17(24)10-16(13-6-4-3-5-7-13)21-19(25)18-14-11-20-9-8-15(14)22-23-18/h3-7,12,16,20H,8-11H2,1-2H3,(H,21,25)(H,22,23). The molecule has 2 aromatic rings. The van der Waals surface area contributed by atoms with Crippen molar-refractivity contribution in [2.45, 2.75) is 45.4 Å². The monoisotopic (exact) mass is 356 g/mol. The molecule has 7 heteroatoms. The number of nitrogens with one attached hydrogen (secondary N) is 3. The van der Waals surface area contributed by atoms with Gasteiger partial charge >= 0.3 is 5.97 Å². The quantitative estimate of drug-likeness (QED) is 0.687. The number of nitrogens with zero attached hydrogens (tertiary/aromatic N) is 1. The zero-order valence-corrected chi connectivity index (χ0v) is 15.0. The Morgan fingerprint density at radius 3 is 2.77 bits per heavy atom. The maximum absolute atomic E-state index is 12.8. The normalized spacial score (nSPS) is 14.6. The Morgan fingerprint density at radius 2 is 2.04 bits per heavy atom. The number of hydrogen-bond donors (Lipinski definition) is 3. The number of carbonyl (C=O) groups is 2. The summed E-state index contributed by atoms with van der Waals surface area (Å²) in [6.07, 6.45) is 0.691. The molecular weight excluding hydrogens is 332 g/mol. The number of hydrogen-bond acceptors (Lipinski definition) is 5.